The van der Waals surface area contributed by atoms with Gasteiger partial charge in [-0.25, -0.2) is 13.8 Å². The van der Waals surface area contributed by atoms with Gasteiger partial charge in [0.15, 0.2) is 0 Å². The molecular weight excluding hydrogens is 142 g/mol. The Kier molecular flexibility index (Phi) is 1.75. The first-order valence-corrected chi connectivity index (χ1v) is 2.52. The van der Waals surface area contributed by atoms with E-state index in [0.717, 1.165) is 6.20 Å². The maximum atomic E-state index is 11.6. The number of carbonyl (C=O) groups is 1. The SMILES string of the molecule is O=C(c1cnc[nH]1)C(F)F. The topological polar surface area (TPSA) is 45.8 Å². The third kappa shape index (κ3) is 1.18. The third-order valence-corrected chi connectivity index (χ3v) is 0.962. The number of rotatable bonds is 2. The average Bonchev–Trinajstić information content (AvgIpc) is 2.36. The number of aromatic nitrogens is 2. The summed E-state index contributed by atoms with van der Waals surface area (Å²) in [4.78, 5) is 16.1. The van der Waals surface area contributed by atoms with E-state index < -0.39 is 12.2 Å². The zero-order valence-corrected chi connectivity index (χ0v) is 4.84. The molecule has 3 nitrogen and oxygen atoms in total. The van der Waals surface area contributed by atoms with Crippen LogP contribution in [0.4, 0.5) is 8.78 Å². The number of halogens is 2. The summed E-state index contributed by atoms with van der Waals surface area (Å²) >= 11 is 0. The van der Waals surface area contributed by atoms with Crippen molar-refractivity contribution in [3.8, 4) is 0 Å². The molecule has 1 heterocycles. The second-order valence-corrected chi connectivity index (χ2v) is 1.63. The van der Waals surface area contributed by atoms with Gasteiger partial charge < -0.3 is 4.98 Å². The van der Waals surface area contributed by atoms with Crippen LogP contribution in [0.15, 0.2) is 12.5 Å². The summed E-state index contributed by atoms with van der Waals surface area (Å²) in [5.41, 5.74) is -0.157. The van der Waals surface area contributed by atoms with Crippen LogP contribution in [0.2, 0.25) is 0 Å². The maximum absolute atomic E-state index is 11.6. The number of aromatic amines is 1. The summed E-state index contributed by atoms with van der Waals surface area (Å²) in [7, 11) is 0. The fraction of sp³-hybridized carbons (Fsp3) is 0.200. The standard InChI is InChI=1S/C5H4F2N2O/c6-5(7)4(10)3-1-8-2-9-3/h1-2,5H,(H,8,9). The van der Waals surface area contributed by atoms with Gasteiger partial charge in [0.05, 0.1) is 12.5 Å². The lowest BCUT2D eigenvalue weighted by Crippen LogP contribution is -2.10. The van der Waals surface area contributed by atoms with Crippen molar-refractivity contribution in [2.75, 3.05) is 0 Å². The van der Waals surface area contributed by atoms with E-state index in [0.29, 0.717) is 0 Å². The summed E-state index contributed by atoms with van der Waals surface area (Å²) in [6, 6.07) is 0. The Morgan fingerprint density at radius 2 is 2.40 bits per heavy atom. The second-order valence-electron chi connectivity index (χ2n) is 1.63. The number of carbonyl (C=O) groups excluding carboxylic acids is 1. The Hall–Kier alpha value is -1.26. The number of hydrogen-bond donors (Lipinski definition) is 1. The number of nitrogens with zero attached hydrogens (tertiary/aromatic N) is 1. The van der Waals surface area contributed by atoms with Gasteiger partial charge in [-0.2, -0.15) is 0 Å². The second kappa shape index (κ2) is 2.55. The minimum Gasteiger partial charge on any atom is -0.342 e. The van der Waals surface area contributed by atoms with Crippen LogP contribution in [0, 0.1) is 0 Å². The molecular formula is C5H4F2N2O. The van der Waals surface area contributed by atoms with Crippen LogP contribution in [0.1, 0.15) is 10.5 Å². The van der Waals surface area contributed by atoms with Crippen molar-refractivity contribution in [2.24, 2.45) is 0 Å². The minimum atomic E-state index is -2.96. The number of imidazole rings is 1. The Morgan fingerprint density at radius 1 is 1.70 bits per heavy atom. The smallest absolute Gasteiger partial charge is 0.302 e. The first-order valence-electron chi connectivity index (χ1n) is 2.52. The van der Waals surface area contributed by atoms with Crippen LogP contribution in [-0.4, -0.2) is 22.2 Å². The van der Waals surface area contributed by atoms with Crippen molar-refractivity contribution in [3.63, 3.8) is 0 Å². The highest BCUT2D eigenvalue weighted by Crippen LogP contribution is 2.02. The monoisotopic (exact) mass is 146 g/mol. The number of nitrogens with one attached hydrogen (secondary N) is 1. The van der Waals surface area contributed by atoms with Crippen molar-refractivity contribution >= 4 is 5.78 Å². The minimum absolute atomic E-state index is 0.157. The molecule has 0 aliphatic rings. The highest BCUT2D eigenvalue weighted by Gasteiger charge is 2.18. The molecule has 54 valence electrons. The lowest BCUT2D eigenvalue weighted by atomic mass is 10.3. The maximum Gasteiger partial charge on any atom is 0.302 e. The van der Waals surface area contributed by atoms with Crippen LogP contribution in [0.3, 0.4) is 0 Å². The van der Waals surface area contributed by atoms with Gasteiger partial charge >= 0.3 is 6.43 Å². The van der Waals surface area contributed by atoms with Gasteiger partial charge in [0.25, 0.3) is 0 Å². The molecule has 0 fully saturated rings. The molecule has 1 N–H and O–H groups in total. The van der Waals surface area contributed by atoms with Crippen molar-refractivity contribution in [2.45, 2.75) is 6.43 Å². The number of alkyl halides is 2. The molecule has 0 amide bonds. The number of Topliss-reactive ketones (excluding diaryl/α,β-unsaturated/α-hetero) is 1. The van der Waals surface area contributed by atoms with Gasteiger partial charge in [-0.15, -0.1) is 0 Å². The van der Waals surface area contributed by atoms with Gasteiger partial charge in [0.2, 0.25) is 5.78 Å². The number of H-pyrrole nitrogens is 1. The van der Waals surface area contributed by atoms with Gasteiger partial charge in [-0.1, -0.05) is 0 Å². The molecule has 0 radical (unpaired) electrons. The van der Waals surface area contributed by atoms with E-state index in [2.05, 4.69) is 9.97 Å². The van der Waals surface area contributed by atoms with Crippen LogP contribution in [0.25, 0.3) is 0 Å². The lowest BCUT2D eigenvalue weighted by molar-refractivity contribution is 0.0673. The van der Waals surface area contributed by atoms with E-state index in [4.69, 9.17) is 0 Å². The summed E-state index contributed by atoms with van der Waals surface area (Å²) in [6.45, 7) is 0. The van der Waals surface area contributed by atoms with Crippen molar-refractivity contribution in [1.29, 1.82) is 0 Å². The molecule has 0 atom stereocenters. The van der Waals surface area contributed by atoms with Crippen molar-refractivity contribution in [3.05, 3.63) is 18.2 Å². The molecule has 0 aliphatic heterocycles. The quantitative estimate of drug-likeness (QED) is 0.629. The summed E-state index contributed by atoms with van der Waals surface area (Å²) < 4.78 is 23.2. The predicted molar refractivity (Wildman–Crippen MR) is 28.9 cm³/mol. The highest BCUT2D eigenvalue weighted by atomic mass is 19.3. The van der Waals surface area contributed by atoms with E-state index >= 15 is 0 Å². The zero-order chi connectivity index (χ0) is 7.56. The number of hydrogen-bond acceptors (Lipinski definition) is 2. The fourth-order valence-corrected chi connectivity index (χ4v) is 0.508. The zero-order valence-electron chi connectivity index (χ0n) is 4.84. The largest absolute Gasteiger partial charge is 0.342 e. The Morgan fingerprint density at radius 3 is 2.80 bits per heavy atom. The molecule has 0 bridgehead atoms. The molecule has 0 spiro atoms. The van der Waals surface area contributed by atoms with Crippen LogP contribution in [0.5, 0.6) is 0 Å². The first-order chi connectivity index (χ1) is 4.72. The Labute approximate surface area is 55.1 Å². The molecule has 1 rings (SSSR count). The molecule has 1 aromatic heterocycles. The summed E-state index contributed by atoms with van der Waals surface area (Å²) in [5, 5.41) is 0. The van der Waals surface area contributed by atoms with Gasteiger partial charge in [0.1, 0.15) is 5.69 Å². The van der Waals surface area contributed by atoms with E-state index in [1.165, 1.54) is 6.33 Å². The van der Waals surface area contributed by atoms with Crippen LogP contribution in [-0.2, 0) is 0 Å². The molecule has 0 aliphatic carbocycles. The number of ketones is 1. The summed E-state index contributed by atoms with van der Waals surface area (Å²) in [6.07, 6.45) is -0.718. The first kappa shape index (κ1) is 6.85. The molecule has 10 heavy (non-hydrogen) atoms. The molecule has 0 saturated heterocycles. The van der Waals surface area contributed by atoms with E-state index in [-0.39, 0.29) is 5.69 Å². The molecule has 1 aromatic rings. The van der Waals surface area contributed by atoms with Gasteiger partial charge in [0, 0.05) is 0 Å². The highest BCUT2D eigenvalue weighted by molar-refractivity contribution is 5.96. The van der Waals surface area contributed by atoms with E-state index in [1.807, 2.05) is 0 Å². The lowest BCUT2D eigenvalue weighted by Gasteiger charge is -1.91. The van der Waals surface area contributed by atoms with Crippen molar-refractivity contribution in [1.82, 2.24) is 9.97 Å². The normalized spacial score (nSPS) is 10.3. The predicted octanol–water partition coefficient (Wildman–Crippen LogP) is 0.857. The Bertz CT molecular complexity index is 220. The van der Waals surface area contributed by atoms with Crippen LogP contribution >= 0.6 is 0 Å². The molecule has 0 unspecified atom stereocenters. The Balaban J connectivity index is 2.78. The summed E-state index contributed by atoms with van der Waals surface area (Å²) in [5.74, 6) is -1.22. The molecule has 0 saturated carbocycles. The van der Waals surface area contributed by atoms with Crippen LogP contribution < -0.4 is 0 Å². The van der Waals surface area contributed by atoms with E-state index in [9.17, 15) is 13.6 Å². The van der Waals surface area contributed by atoms with Gasteiger partial charge in [-0.3, -0.25) is 4.79 Å². The van der Waals surface area contributed by atoms with Crippen molar-refractivity contribution < 1.29 is 13.6 Å². The molecule has 0 aromatic carbocycles. The van der Waals surface area contributed by atoms with E-state index in [1.54, 1.807) is 0 Å². The molecule has 5 heteroatoms. The third-order valence-electron chi connectivity index (χ3n) is 0.962. The van der Waals surface area contributed by atoms with Gasteiger partial charge in [-0.05, 0) is 0 Å². The fourth-order valence-electron chi connectivity index (χ4n) is 0.508. The average molecular weight is 146 g/mol.